The van der Waals surface area contributed by atoms with E-state index in [0.29, 0.717) is 36.8 Å². The zero-order valence-electron chi connectivity index (χ0n) is 28.8. The van der Waals surface area contributed by atoms with Gasteiger partial charge >= 0.3 is 0 Å². The van der Waals surface area contributed by atoms with Gasteiger partial charge in [-0.3, -0.25) is 4.79 Å². The molecule has 0 aliphatic carbocycles. The highest BCUT2D eigenvalue weighted by Gasteiger charge is 2.16. The highest BCUT2D eigenvalue weighted by atomic mass is 32.2. The maximum Gasteiger partial charge on any atom is 0.239 e. The molecule has 1 aromatic rings. The van der Waals surface area contributed by atoms with E-state index >= 15 is 0 Å². The van der Waals surface area contributed by atoms with Gasteiger partial charge in [-0.2, -0.15) is 0 Å². The molecular weight excluding hydrogens is 591 g/mol. The zero-order chi connectivity index (χ0) is 34.3. The normalized spacial score (nSPS) is 11.8. The molecule has 0 aliphatic rings. The Balaban J connectivity index is 2.46. The van der Waals surface area contributed by atoms with Crippen molar-refractivity contribution in [2.24, 2.45) is 11.7 Å². The summed E-state index contributed by atoms with van der Waals surface area (Å²) in [4.78, 5) is 14.7. The summed E-state index contributed by atoms with van der Waals surface area (Å²) in [7, 11) is 1.91. The largest absolute Gasteiger partial charge is 0.402 e. The van der Waals surface area contributed by atoms with E-state index in [0.717, 1.165) is 79.5 Å². The van der Waals surface area contributed by atoms with Gasteiger partial charge < -0.3 is 37.2 Å². The minimum absolute atomic E-state index is 0.0769. The van der Waals surface area contributed by atoms with Crippen molar-refractivity contribution in [1.29, 1.82) is 0 Å². The first-order valence-electron chi connectivity index (χ1n) is 16.3. The first-order chi connectivity index (χ1) is 21.9. The molecule has 2 atom stereocenters. The summed E-state index contributed by atoms with van der Waals surface area (Å²) in [5.41, 5.74) is 12.0. The fraction of sp³-hybridized carbons (Fsp3) is 0.486. The second-order valence-electron chi connectivity index (χ2n) is 11.9. The van der Waals surface area contributed by atoms with Gasteiger partial charge in [0.2, 0.25) is 5.91 Å². The van der Waals surface area contributed by atoms with Crippen molar-refractivity contribution in [3.05, 3.63) is 110 Å². The van der Waals surface area contributed by atoms with Crippen molar-refractivity contribution in [2.75, 3.05) is 44.9 Å². The van der Waals surface area contributed by atoms with Crippen molar-refractivity contribution < 1.29 is 4.79 Å². The van der Waals surface area contributed by atoms with E-state index in [-0.39, 0.29) is 18.5 Å². The molecular formula is C37H61N7OS. The van der Waals surface area contributed by atoms with Crippen molar-refractivity contribution in [1.82, 2.24) is 31.5 Å². The highest BCUT2D eigenvalue weighted by molar-refractivity contribution is 7.99. The Morgan fingerprint density at radius 1 is 0.891 bits per heavy atom. The average molecular weight is 652 g/mol. The molecule has 0 heterocycles. The number of nitrogens with one attached hydrogen (secondary N) is 5. The molecule has 1 rings (SSSR count). The Labute approximate surface area is 284 Å². The first kappa shape index (κ1) is 40.3. The number of benzene rings is 1. The van der Waals surface area contributed by atoms with Crippen LogP contribution in [0.3, 0.4) is 0 Å². The van der Waals surface area contributed by atoms with E-state index in [2.05, 4.69) is 92.0 Å². The number of amides is 1. The van der Waals surface area contributed by atoms with Gasteiger partial charge in [0.25, 0.3) is 0 Å². The van der Waals surface area contributed by atoms with Crippen molar-refractivity contribution in [2.45, 2.75) is 64.8 Å². The van der Waals surface area contributed by atoms with Gasteiger partial charge in [-0.25, -0.2) is 0 Å². The molecule has 8 nitrogen and oxygen atoms in total. The predicted octanol–water partition coefficient (Wildman–Crippen LogP) is 5.73. The molecule has 0 saturated carbocycles. The van der Waals surface area contributed by atoms with Crippen molar-refractivity contribution in [3.8, 4) is 0 Å². The van der Waals surface area contributed by atoms with Gasteiger partial charge in [0.1, 0.15) is 0 Å². The lowest BCUT2D eigenvalue weighted by atomic mass is 10.0. The second-order valence-corrected chi connectivity index (χ2v) is 13.0. The van der Waals surface area contributed by atoms with Crippen molar-refractivity contribution >= 4 is 17.7 Å². The van der Waals surface area contributed by atoms with Gasteiger partial charge in [-0.05, 0) is 50.0 Å². The van der Waals surface area contributed by atoms with Crippen LogP contribution >= 0.6 is 11.8 Å². The summed E-state index contributed by atoms with van der Waals surface area (Å²) < 4.78 is 0. The van der Waals surface area contributed by atoms with Crippen LogP contribution in [0.5, 0.6) is 0 Å². The third-order valence-corrected chi connectivity index (χ3v) is 8.56. The lowest BCUT2D eigenvalue weighted by Crippen LogP contribution is -2.42. The Morgan fingerprint density at radius 3 is 2.26 bits per heavy atom. The third kappa shape index (κ3) is 18.9. The Kier molecular flexibility index (Phi) is 20.7. The summed E-state index contributed by atoms with van der Waals surface area (Å²) in [6, 6.07) is 10.1. The molecule has 0 aromatic heterocycles. The molecule has 0 fully saturated rings. The quantitative estimate of drug-likeness (QED) is 0.0504. The molecule has 7 N–H and O–H groups in total. The average Bonchev–Trinajstić information content (AvgIpc) is 3.03. The molecule has 256 valence electrons. The van der Waals surface area contributed by atoms with E-state index < -0.39 is 0 Å². The van der Waals surface area contributed by atoms with Crippen LogP contribution in [0.1, 0.15) is 57.9 Å². The van der Waals surface area contributed by atoms with Crippen LogP contribution in [0.25, 0.3) is 0 Å². The number of nitrogens with two attached hydrogens (primary N) is 1. The van der Waals surface area contributed by atoms with Crippen LogP contribution in [-0.4, -0.2) is 61.7 Å². The van der Waals surface area contributed by atoms with Gasteiger partial charge in [-0.15, -0.1) is 11.8 Å². The second kappa shape index (κ2) is 23.6. The maximum absolute atomic E-state index is 12.7. The number of likely N-dealkylation sites (N-methyl/N-ethyl adjacent to an activating group) is 1. The van der Waals surface area contributed by atoms with Crippen LogP contribution in [0, 0.1) is 5.92 Å². The van der Waals surface area contributed by atoms with Gasteiger partial charge in [0, 0.05) is 53.5 Å². The van der Waals surface area contributed by atoms with Crippen LogP contribution in [-0.2, 0) is 11.2 Å². The fourth-order valence-corrected chi connectivity index (χ4v) is 5.18. The first-order valence-corrected chi connectivity index (χ1v) is 17.5. The number of nitrogens with zero attached hydrogens (tertiary/aromatic N) is 1. The Hall–Kier alpha value is -3.72. The molecule has 1 amide bonds. The van der Waals surface area contributed by atoms with Crippen LogP contribution in [0.4, 0.5) is 0 Å². The number of hydrogen-bond donors (Lipinski definition) is 6. The molecule has 1 aromatic carbocycles. The summed E-state index contributed by atoms with van der Waals surface area (Å²) in [6.45, 7) is 31.1. The minimum atomic E-state index is -0.129. The standard InChI is InChI=1S/C37H61N7OS/c1-10-28(2)33(7)39-21-16-12-13-17-32(6)44(9)26-37(45)41-25-31(5)43-36(23-35-18-14-11-15-19-35)34(8)40-24-30(4)42-27-46-22-20-29(3)38/h11,14-15,18-19,28,36,39-40,42-43H,3-8,10,12-13,16-17,20-27,38H2,1-2,9H3,(H,41,45). The van der Waals surface area contributed by atoms with Gasteiger partial charge in [0.05, 0.1) is 31.6 Å². The maximum atomic E-state index is 12.7. The molecule has 0 spiro atoms. The molecule has 46 heavy (non-hydrogen) atoms. The fourth-order valence-electron chi connectivity index (χ4n) is 4.32. The Bertz CT molecular complexity index is 1130. The molecule has 9 heteroatoms. The summed E-state index contributed by atoms with van der Waals surface area (Å²) in [6.07, 6.45) is 6.71. The number of thioether (sulfide) groups is 1. The number of hydrogen-bond acceptors (Lipinski definition) is 8. The van der Waals surface area contributed by atoms with Crippen LogP contribution < -0.4 is 32.3 Å². The number of carbonyl (C=O) groups is 1. The van der Waals surface area contributed by atoms with E-state index in [9.17, 15) is 4.79 Å². The summed E-state index contributed by atoms with van der Waals surface area (Å²) in [5, 5.41) is 16.6. The number of carbonyl (C=O) groups excluding carboxylic acids is 1. The predicted molar refractivity (Wildman–Crippen MR) is 201 cm³/mol. The summed E-state index contributed by atoms with van der Waals surface area (Å²) >= 11 is 1.75. The van der Waals surface area contributed by atoms with E-state index in [1.807, 2.05) is 30.1 Å². The monoisotopic (exact) mass is 651 g/mol. The van der Waals surface area contributed by atoms with Crippen LogP contribution in [0.15, 0.2) is 104 Å². The van der Waals surface area contributed by atoms with E-state index in [1.54, 1.807) is 11.8 Å². The number of rotatable bonds is 28. The van der Waals surface area contributed by atoms with Gasteiger partial charge in [-0.1, -0.05) is 90.1 Å². The zero-order valence-corrected chi connectivity index (χ0v) is 29.6. The highest BCUT2D eigenvalue weighted by Crippen LogP contribution is 2.13. The molecule has 2 unspecified atom stereocenters. The molecule has 0 aliphatic heterocycles. The van der Waals surface area contributed by atoms with Crippen molar-refractivity contribution in [3.63, 3.8) is 0 Å². The van der Waals surface area contributed by atoms with E-state index in [1.165, 1.54) is 5.56 Å². The Morgan fingerprint density at radius 2 is 1.59 bits per heavy atom. The lowest BCUT2D eigenvalue weighted by Gasteiger charge is -2.26. The molecule has 0 bridgehead atoms. The molecule has 0 saturated heterocycles. The number of allylic oxidation sites excluding steroid dienone is 3. The minimum Gasteiger partial charge on any atom is -0.402 e. The van der Waals surface area contributed by atoms with Gasteiger partial charge in [0.15, 0.2) is 0 Å². The topological polar surface area (TPSA) is 106 Å². The van der Waals surface area contributed by atoms with Crippen LogP contribution in [0.2, 0.25) is 0 Å². The smallest absolute Gasteiger partial charge is 0.239 e. The summed E-state index contributed by atoms with van der Waals surface area (Å²) in [5.74, 6) is 2.09. The number of unbranched alkanes of at least 4 members (excludes halogenated alkanes) is 2. The lowest BCUT2D eigenvalue weighted by molar-refractivity contribution is -0.121. The molecule has 0 radical (unpaired) electrons. The third-order valence-electron chi connectivity index (χ3n) is 7.72. The SMILES string of the molecule is C=C(N)CCSCNC(=C)CNC(=C)C(Cc1ccccc1)NC(=C)CNC(=O)CN(C)C(=C)CCCCCNC(=C)C(C)CC. The van der Waals surface area contributed by atoms with E-state index in [4.69, 9.17) is 5.73 Å².